The van der Waals surface area contributed by atoms with Gasteiger partial charge in [0.15, 0.2) is 0 Å². The lowest BCUT2D eigenvalue weighted by atomic mass is 9.93. The van der Waals surface area contributed by atoms with E-state index in [9.17, 15) is 9.59 Å². The first-order chi connectivity index (χ1) is 8.44. The lowest BCUT2D eigenvalue weighted by molar-refractivity contribution is -0.158. The van der Waals surface area contributed by atoms with E-state index >= 15 is 0 Å². The van der Waals surface area contributed by atoms with Crippen molar-refractivity contribution < 1.29 is 9.59 Å². The number of alkyl halides is 1. The van der Waals surface area contributed by atoms with Crippen LogP contribution in [0.3, 0.4) is 0 Å². The number of amides is 2. The number of piperazine rings is 1. The quantitative estimate of drug-likeness (QED) is 0.743. The predicted octanol–water partition coefficient (Wildman–Crippen LogP) is 1.63. The first kappa shape index (κ1) is 13.8. The van der Waals surface area contributed by atoms with E-state index in [0.29, 0.717) is 6.54 Å². The van der Waals surface area contributed by atoms with E-state index in [2.05, 4.69) is 29.8 Å². The van der Waals surface area contributed by atoms with Gasteiger partial charge in [-0.15, -0.1) is 0 Å². The highest BCUT2D eigenvalue weighted by atomic mass is 79.9. The van der Waals surface area contributed by atoms with Crippen LogP contribution in [-0.4, -0.2) is 52.6 Å². The zero-order valence-corrected chi connectivity index (χ0v) is 12.7. The Labute approximate surface area is 117 Å². The molecule has 0 radical (unpaired) electrons. The summed E-state index contributed by atoms with van der Waals surface area (Å²) in [5.74, 6) is 0.257. The van der Waals surface area contributed by atoms with E-state index < -0.39 is 0 Å². The molecule has 0 aromatic heterocycles. The Hall–Kier alpha value is -0.580. The van der Waals surface area contributed by atoms with Crippen molar-refractivity contribution >= 4 is 27.7 Å². The number of piperidine rings is 1. The molecule has 2 fully saturated rings. The molecule has 5 heteroatoms. The van der Waals surface area contributed by atoms with Crippen LogP contribution in [0.15, 0.2) is 0 Å². The summed E-state index contributed by atoms with van der Waals surface area (Å²) < 4.78 is 0. The van der Waals surface area contributed by atoms with Crippen LogP contribution in [-0.2, 0) is 9.59 Å². The van der Waals surface area contributed by atoms with Gasteiger partial charge in [-0.25, -0.2) is 0 Å². The van der Waals surface area contributed by atoms with Crippen molar-refractivity contribution in [2.75, 3.05) is 25.0 Å². The van der Waals surface area contributed by atoms with Crippen LogP contribution in [0.25, 0.3) is 0 Å². The van der Waals surface area contributed by atoms with Gasteiger partial charge in [0, 0.05) is 18.4 Å². The number of halogens is 1. The van der Waals surface area contributed by atoms with E-state index in [1.165, 1.54) is 0 Å². The number of nitrogens with zero attached hydrogens (tertiary/aromatic N) is 2. The highest BCUT2D eigenvalue weighted by Crippen LogP contribution is 2.26. The molecule has 18 heavy (non-hydrogen) atoms. The number of carbonyl (C=O) groups excluding carboxylic acids is 2. The van der Waals surface area contributed by atoms with Gasteiger partial charge < -0.3 is 9.80 Å². The third kappa shape index (κ3) is 2.71. The maximum absolute atomic E-state index is 12.4. The van der Waals surface area contributed by atoms with E-state index in [4.69, 9.17) is 0 Å². The minimum atomic E-state index is -0.189. The zero-order chi connectivity index (χ0) is 13.3. The molecule has 0 N–H and O–H groups in total. The largest absolute Gasteiger partial charge is 0.331 e. The minimum absolute atomic E-state index is 0.00672. The summed E-state index contributed by atoms with van der Waals surface area (Å²) in [7, 11) is 0. The van der Waals surface area contributed by atoms with Gasteiger partial charge in [-0.1, -0.05) is 29.8 Å². The van der Waals surface area contributed by atoms with Gasteiger partial charge in [-0.05, 0) is 24.7 Å². The molecule has 0 bridgehead atoms. The predicted molar refractivity (Wildman–Crippen MR) is 73.5 cm³/mol. The van der Waals surface area contributed by atoms with Gasteiger partial charge in [-0.2, -0.15) is 0 Å². The molecule has 1 unspecified atom stereocenters. The molecule has 2 amide bonds. The summed E-state index contributed by atoms with van der Waals surface area (Å²) >= 11 is 3.47. The first-order valence-electron chi connectivity index (χ1n) is 6.59. The molecule has 2 aliphatic heterocycles. The fraction of sp³-hybridized carbons (Fsp3) is 0.846. The molecule has 2 rings (SSSR count). The van der Waals surface area contributed by atoms with Gasteiger partial charge in [-0.3, -0.25) is 9.59 Å². The zero-order valence-electron chi connectivity index (χ0n) is 11.1. The fourth-order valence-corrected chi connectivity index (χ4v) is 2.90. The van der Waals surface area contributed by atoms with E-state index in [-0.39, 0.29) is 29.8 Å². The van der Waals surface area contributed by atoms with Crippen LogP contribution >= 0.6 is 15.9 Å². The van der Waals surface area contributed by atoms with Crippen LogP contribution < -0.4 is 0 Å². The van der Waals surface area contributed by atoms with Crippen LogP contribution in [0.1, 0.15) is 33.1 Å². The summed E-state index contributed by atoms with van der Waals surface area (Å²) in [5.41, 5.74) is 0.00672. The lowest BCUT2D eigenvalue weighted by Crippen LogP contribution is -2.62. The molecule has 0 spiro atoms. The molecule has 4 nitrogen and oxygen atoms in total. The third-order valence-electron chi connectivity index (χ3n) is 3.73. The molecule has 0 aliphatic carbocycles. The number of hydrogen-bond donors (Lipinski definition) is 0. The molecule has 2 saturated heterocycles. The van der Waals surface area contributed by atoms with Crippen LogP contribution in [0, 0.1) is 5.41 Å². The van der Waals surface area contributed by atoms with Crippen molar-refractivity contribution in [3.63, 3.8) is 0 Å². The van der Waals surface area contributed by atoms with Crippen molar-refractivity contribution in [2.24, 2.45) is 5.41 Å². The highest BCUT2D eigenvalue weighted by molar-refractivity contribution is 9.09. The SMILES string of the molecule is CC(C)(CBr)CN1CC(=O)N2CCCCC2C1=O. The number of fused-ring (bicyclic) bond motifs is 1. The van der Waals surface area contributed by atoms with Crippen LogP contribution in [0.2, 0.25) is 0 Å². The Morgan fingerprint density at radius 3 is 2.72 bits per heavy atom. The van der Waals surface area contributed by atoms with Gasteiger partial charge >= 0.3 is 0 Å². The van der Waals surface area contributed by atoms with Crippen molar-refractivity contribution in [1.29, 1.82) is 0 Å². The van der Waals surface area contributed by atoms with Crippen molar-refractivity contribution in [3.8, 4) is 0 Å². The smallest absolute Gasteiger partial charge is 0.245 e. The lowest BCUT2D eigenvalue weighted by Gasteiger charge is -2.44. The van der Waals surface area contributed by atoms with Crippen molar-refractivity contribution in [3.05, 3.63) is 0 Å². The number of rotatable bonds is 3. The Bertz CT molecular complexity index is 357. The summed E-state index contributed by atoms with van der Waals surface area (Å²) in [4.78, 5) is 28.0. The molecular formula is C13H21BrN2O2. The minimum Gasteiger partial charge on any atom is -0.331 e. The molecule has 102 valence electrons. The standard InChI is InChI=1S/C13H21BrN2O2/c1-13(2,8-14)9-15-7-11(17)16-6-4-3-5-10(16)12(15)18/h10H,3-9H2,1-2H3. The summed E-state index contributed by atoms with van der Waals surface area (Å²) in [5, 5.41) is 0.826. The molecule has 0 aromatic carbocycles. The molecule has 2 heterocycles. The second-order valence-corrected chi connectivity index (χ2v) is 6.65. The maximum Gasteiger partial charge on any atom is 0.245 e. The molecule has 0 aromatic rings. The van der Waals surface area contributed by atoms with Gasteiger partial charge in [0.25, 0.3) is 0 Å². The maximum atomic E-state index is 12.4. The second-order valence-electron chi connectivity index (χ2n) is 6.09. The fourth-order valence-electron chi connectivity index (χ4n) is 2.72. The average Bonchev–Trinajstić information content (AvgIpc) is 2.35. The Morgan fingerprint density at radius 2 is 2.06 bits per heavy atom. The van der Waals surface area contributed by atoms with Gasteiger partial charge in [0.1, 0.15) is 6.04 Å². The van der Waals surface area contributed by atoms with Crippen molar-refractivity contribution in [2.45, 2.75) is 39.2 Å². The van der Waals surface area contributed by atoms with E-state index in [0.717, 1.165) is 31.1 Å². The number of hydrogen-bond acceptors (Lipinski definition) is 2. The number of carbonyl (C=O) groups is 2. The van der Waals surface area contributed by atoms with Crippen LogP contribution in [0.5, 0.6) is 0 Å². The highest BCUT2D eigenvalue weighted by Gasteiger charge is 2.41. The molecule has 1 atom stereocenters. The van der Waals surface area contributed by atoms with E-state index in [1.807, 2.05) is 0 Å². The first-order valence-corrected chi connectivity index (χ1v) is 7.71. The third-order valence-corrected chi connectivity index (χ3v) is 5.24. The molecule has 0 saturated carbocycles. The average molecular weight is 317 g/mol. The van der Waals surface area contributed by atoms with Gasteiger partial charge in [0.05, 0.1) is 6.54 Å². The monoisotopic (exact) mass is 316 g/mol. The molecule has 2 aliphatic rings. The Morgan fingerprint density at radius 1 is 1.33 bits per heavy atom. The summed E-state index contributed by atoms with van der Waals surface area (Å²) in [6, 6.07) is -0.189. The van der Waals surface area contributed by atoms with Crippen LogP contribution in [0.4, 0.5) is 0 Å². The van der Waals surface area contributed by atoms with Gasteiger partial charge in [0.2, 0.25) is 11.8 Å². The Kier molecular flexibility index (Phi) is 3.99. The molecular weight excluding hydrogens is 296 g/mol. The summed E-state index contributed by atoms with van der Waals surface area (Å²) in [6.07, 6.45) is 2.91. The topological polar surface area (TPSA) is 40.6 Å². The Balaban J connectivity index is 2.10. The summed E-state index contributed by atoms with van der Waals surface area (Å²) in [6.45, 7) is 5.86. The van der Waals surface area contributed by atoms with E-state index in [1.54, 1.807) is 9.80 Å². The second kappa shape index (κ2) is 5.19. The normalized spacial score (nSPS) is 25.4. The van der Waals surface area contributed by atoms with Crippen molar-refractivity contribution in [1.82, 2.24) is 9.80 Å².